The van der Waals surface area contributed by atoms with E-state index in [2.05, 4.69) is 33.4 Å². The average molecular weight is 288 g/mol. The third kappa shape index (κ3) is 3.03. The van der Waals surface area contributed by atoms with Crippen LogP contribution in [0.5, 0.6) is 0 Å². The standard InChI is InChI=1S/C20H32O/c1-14(16(3)21)8-10-17-15(2)9-11-18-19(4,5)12-7-13-20(17,18)6/h8,17-18H,2,7,9-13H2,1,3-6H3/b14-8+/t17-,18-,20+/m0/s1. The minimum Gasteiger partial charge on any atom is -0.295 e. The largest absolute Gasteiger partial charge is 0.295 e. The van der Waals surface area contributed by atoms with Crippen LogP contribution in [-0.2, 0) is 4.79 Å². The summed E-state index contributed by atoms with van der Waals surface area (Å²) in [6.07, 6.45) is 9.63. The van der Waals surface area contributed by atoms with Crippen LogP contribution >= 0.6 is 0 Å². The van der Waals surface area contributed by atoms with Gasteiger partial charge in [-0.05, 0) is 74.2 Å². The van der Waals surface area contributed by atoms with E-state index in [9.17, 15) is 4.79 Å². The molecule has 0 radical (unpaired) electrons. The first-order valence-electron chi connectivity index (χ1n) is 8.54. The van der Waals surface area contributed by atoms with Gasteiger partial charge in [-0.15, -0.1) is 0 Å². The van der Waals surface area contributed by atoms with Crippen LogP contribution in [0.25, 0.3) is 0 Å². The van der Waals surface area contributed by atoms with Crippen LogP contribution < -0.4 is 0 Å². The Kier molecular flexibility index (Phi) is 4.52. The number of allylic oxidation sites excluding steroid dienone is 3. The predicted octanol–water partition coefficient (Wildman–Crippen LogP) is 5.71. The lowest BCUT2D eigenvalue weighted by Gasteiger charge is -2.58. The van der Waals surface area contributed by atoms with Gasteiger partial charge >= 0.3 is 0 Å². The fraction of sp³-hybridized carbons (Fsp3) is 0.750. The zero-order chi connectivity index (χ0) is 15.8. The molecule has 2 fully saturated rings. The van der Waals surface area contributed by atoms with Crippen molar-refractivity contribution in [3.05, 3.63) is 23.8 Å². The number of hydrogen-bond donors (Lipinski definition) is 0. The van der Waals surface area contributed by atoms with E-state index in [0.29, 0.717) is 16.7 Å². The molecule has 2 rings (SSSR count). The summed E-state index contributed by atoms with van der Waals surface area (Å²) in [6.45, 7) is 15.4. The van der Waals surface area contributed by atoms with Gasteiger partial charge in [-0.3, -0.25) is 4.79 Å². The molecule has 0 amide bonds. The summed E-state index contributed by atoms with van der Waals surface area (Å²) in [5.41, 5.74) is 3.14. The molecule has 2 saturated carbocycles. The van der Waals surface area contributed by atoms with Gasteiger partial charge in [0.05, 0.1) is 0 Å². The summed E-state index contributed by atoms with van der Waals surface area (Å²) >= 11 is 0. The maximum absolute atomic E-state index is 11.5. The monoisotopic (exact) mass is 288 g/mol. The van der Waals surface area contributed by atoms with E-state index in [1.165, 1.54) is 37.7 Å². The van der Waals surface area contributed by atoms with Gasteiger partial charge in [-0.1, -0.05) is 45.4 Å². The van der Waals surface area contributed by atoms with E-state index in [1.807, 2.05) is 6.92 Å². The molecule has 1 heteroatoms. The van der Waals surface area contributed by atoms with Gasteiger partial charge in [0, 0.05) is 0 Å². The van der Waals surface area contributed by atoms with Crippen molar-refractivity contribution >= 4 is 5.78 Å². The Labute approximate surface area is 130 Å². The molecule has 21 heavy (non-hydrogen) atoms. The van der Waals surface area contributed by atoms with Crippen molar-refractivity contribution in [2.45, 2.75) is 73.1 Å². The van der Waals surface area contributed by atoms with Crippen molar-refractivity contribution in [3.8, 4) is 0 Å². The molecule has 118 valence electrons. The van der Waals surface area contributed by atoms with Gasteiger partial charge < -0.3 is 0 Å². The Morgan fingerprint density at radius 2 is 1.95 bits per heavy atom. The summed E-state index contributed by atoms with van der Waals surface area (Å²) in [6, 6.07) is 0. The number of ketones is 1. The summed E-state index contributed by atoms with van der Waals surface area (Å²) < 4.78 is 0. The van der Waals surface area contributed by atoms with Gasteiger partial charge in [-0.2, -0.15) is 0 Å². The summed E-state index contributed by atoms with van der Waals surface area (Å²) in [4.78, 5) is 11.5. The SMILES string of the molecule is C=C1CC[C@H]2C(C)(C)CCC[C@]2(C)[C@H]1C/C=C(\C)C(C)=O. The molecule has 2 aliphatic rings. The van der Waals surface area contributed by atoms with E-state index in [1.54, 1.807) is 6.92 Å². The first-order valence-corrected chi connectivity index (χ1v) is 8.54. The second-order valence-electron chi connectivity index (χ2n) is 8.33. The maximum atomic E-state index is 11.5. The van der Waals surface area contributed by atoms with E-state index in [0.717, 1.165) is 17.9 Å². The van der Waals surface area contributed by atoms with E-state index >= 15 is 0 Å². The smallest absolute Gasteiger partial charge is 0.155 e. The molecule has 0 aromatic rings. The summed E-state index contributed by atoms with van der Waals surface area (Å²) in [7, 11) is 0. The third-order valence-electron chi connectivity index (χ3n) is 6.53. The van der Waals surface area contributed by atoms with E-state index < -0.39 is 0 Å². The van der Waals surface area contributed by atoms with Crippen LogP contribution in [0, 0.1) is 22.7 Å². The lowest BCUT2D eigenvalue weighted by Crippen LogP contribution is -2.49. The second-order valence-corrected chi connectivity index (χ2v) is 8.33. The highest BCUT2D eigenvalue weighted by molar-refractivity contribution is 5.92. The molecule has 1 nitrogen and oxygen atoms in total. The highest BCUT2D eigenvalue weighted by Gasteiger charge is 2.52. The molecule has 0 spiro atoms. The molecule has 0 unspecified atom stereocenters. The van der Waals surface area contributed by atoms with Crippen LogP contribution in [0.15, 0.2) is 23.8 Å². The first kappa shape index (κ1) is 16.5. The Morgan fingerprint density at radius 3 is 2.57 bits per heavy atom. The minimum atomic E-state index is 0.196. The number of rotatable bonds is 3. The zero-order valence-electron chi connectivity index (χ0n) is 14.6. The van der Waals surface area contributed by atoms with E-state index in [-0.39, 0.29) is 5.78 Å². The van der Waals surface area contributed by atoms with Crippen molar-refractivity contribution in [2.24, 2.45) is 22.7 Å². The van der Waals surface area contributed by atoms with Gasteiger partial charge in [0.2, 0.25) is 0 Å². The van der Waals surface area contributed by atoms with Crippen molar-refractivity contribution < 1.29 is 4.79 Å². The Morgan fingerprint density at radius 1 is 1.29 bits per heavy atom. The number of Topliss-reactive ketones (excluding diaryl/α,β-unsaturated/α-hetero) is 1. The minimum absolute atomic E-state index is 0.196. The Balaban J connectivity index is 2.28. The van der Waals surface area contributed by atoms with Crippen LogP contribution in [0.4, 0.5) is 0 Å². The van der Waals surface area contributed by atoms with E-state index in [4.69, 9.17) is 0 Å². The Bertz CT molecular complexity index is 468. The van der Waals surface area contributed by atoms with Gasteiger partial charge in [0.1, 0.15) is 0 Å². The Hall–Kier alpha value is -0.850. The molecule has 0 bridgehead atoms. The van der Waals surface area contributed by atoms with Crippen molar-refractivity contribution in [1.82, 2.24) is 0 Å². The molecular weight excluding hydrogens is 256 g/mol. The zero-order valence-corrected chi connectivity index (χ0v) is 14.6. The fourth-order valence-corrected chi connectivity index (χ4v) is 5.15. The fourth-order valence-electron chi connectivity index (χ4n) is 5.15. The van der Waals surface area contributed by atoms with Crippen LogP contribution in [0.1, 0.15) is 73.1 Å². The molecule has 3 atom stereocenters. The molecule has 0 aliphatic heterocycles. The maximum Gasteiger partial charge on any atom is 0.155 e. The number of hydrogen-bond acceptors (Lipinski definition) is 1. The molecule has 2 aliphatic carbocycles. The number of carbonyl (C=O) groups excluding carboxylic acids is 1. The normalized spacial score (nSPS) is 36.2. The number of fused-ring (bicyclic) bond motifs is 1. The molecule has 0 saturated heterocycles. The second kappa shape index (κ2) is 5.74. The van der Waals surface area contributed by atoms with Crippen molar-refractivity contribution in [2.75, 3.05) is 0 Å². The third-order valence-corrected chi connectivity index (χ3v) is 6.53. The molecule has 0 heterocycles. The molecular formula is C20H32O. The quantitative estimate of drug-likeness (QED) is 0.480. The molecule has 0 N–H and O–H groups in total. The van der Waals surface area contributed by atoms with Crippen molar-refractivity contribution in [3.63, 3.8) is 0 Å². The highest BCUT2D eigenvalue weighted by atomic mass is 16.1. The topological polar surface area (TPSA) is 17.1 Å². The predicted molar refractivity (Wildman–Crippen MR) is 90.1 cm³/mol. The van der Waals surface area contributed by atoms with Crippen LogP contribution in [0.2, 0.25) is 0 Å². The van der Waals surface area contributed by atoms with Crippen molar-refractivity contribution in [1.29, 1.82) is 0 Å². The molecule has 0 aromatic carbocycles. The summed E-state index contributed by atoms with van der Waals surface area (Å²) in [5, 5.41) is 0. The highest BCUT2D eigenvalue weighted by Crippen LogP contribution is 2.61. The van der Waals surface area contributed by atoms with Gasteiger partial charge in [-0.25, -0.2) is 0 Å². The van der Waals surface area contributed by atoms with Crippen LogP contribution in [0.3, 0.4) is 0 Å². The average Bonchev–Trinajstić information content (AvgIpc) is 2.36. The number of carbonyl (C=O) groups is 1. The summed E-state index contributed by atoms with van der Waals surface area (Å²) in [5.74, 6) is 1.53. The molecule has 0 aromatic heterocycles. The van der Waals surface area contributed by atoms with Gasteiger partial charge in [0.15, 0.2) is 5.78 Å². The first-order chi connectivity index (χ1) is 9.68. The van der Waals surface area contributed by atoms with Crippen LogP contribution in [-0.4, -0.2) is 5.78 Å². The lowest BCUT2D eigenvalue weighted by atomic mass is 9.47. The lowest BCUT2D eigenvalue weighted by molar-refractivity contribution is -0.113. The van der Waals surface area contributed by atoms with Gasteiger partial charge in [0.25, 0.3) is 0 Å².